The van der Waals surface area contributed by atoms with E-state index in [1.807, 2.05) is 25.4 Å². The van der Waals surface area contributed by atoms with Gasteiger partial charge in [-0.2, -0.15) is 5.10 Å². The van der Waals surface area contributed by atoms with E-state index in [4.69, 9.17) is 0 Å². The van der Waals surface area contributed by atoms with Crippen molar-refractivity contribution in [3.05, 3.63) is 29.4 Å². The number of anilines is 1. The summed E-state index contributed by atoms with van der Waals surface area (Å²) < 4.78 is 2.88. The Morgan fingerprint density at radius 2 is 2.10 bits per heavy atom. The SMILES string of the molecule is Cc1nc(N[C@@H](c2ncnn2C)C(C)C)c2sccc2n1. The molecule has 0 radical (unpaired) electrons. The van der Waals surface area contributed by atoms with Crippen LogP contribution in [-0.2, 0) is 7.05 Å². The molecule has 0 fully saturated rings. The Hall–Kier alpha value is -2.02. The van der Waals surface area contributed by atoms with Crippen molar-refractivity contribution >= 4 is 27.4 Å². The van der Waals surface area contributed by atoms with E-state index < -0.39 is 0 Å². The van der Waals surface area contributed by atoms with Gasteiger partial charge in [0.1, 0.15) is 23.8 Å². The lowest BCUT2D eigenvalue weighted by atomic mass is 10.0. The molecule has 3 aromatic heterocycles. The fourth-order valence-electron chi connectivity index (χ4n) is 2.34. The summed E-state index contributed by atoms with van der Waals surface area (Å²) in [5.41, 5.74) is 0.982. The third kappa shape index (κ3) is 2.61. The first-order valence-electron chi connectivity index (χ1n) is 6.88. The lowest BCUT2D eigenvalue weighted by Crippen LogP contribution is -2.21. The third-order valence-corrected chi connectivity index (χ3v) is 4.31. The van der Waals surface area contributed by atoms with Crippen LogP contribution in [0, 0.1) is 12.8 Å². The van der Waals surface area contributed by atoms with Gasteiger partial charge in [-0.05, 0) is 24.3 Å². The van der Waals surface area contributed by atoms with E-state index in [1.165, 1.54) is 0 Å². The van der Waals surface area contributed by atoms with E-state index in [0.717, 1.165) is 27.7 Å². The van der Waals surface area contributed by atoms with Crippen LogP contribution in [0.3, 0.4) is 0 Å². The molecule has 1 N–H and O–H groups in total. The molecule has 0 amide bonds. The van der Waals surface area contributed by atoms with Gasteiger partial charge >= 0.3 is 0 Å². The molecule has 0 aliphatic heterocycles. The maximum absolute atomic E-state index is 4.57. The summed E-state index contributed by atoms with van der Waals surface area (Å²) in [4.78, 5) is 13.4. The van der Waals surface area contributed by atoms with Crippen LogP contribution in [0.1, 0.15) is 31.5 Å². The van der Waals surface area contributed by atoms with E-state index in [0.29, 0.717) is 5.92 Å². The first-order valence-corrected chi connectivity index (χ1v) is 7.76. The smallest absolute Gasteiger partial charge is 0.149 e. The van der Waals surface area contributed by atoms with Gasteiger partial charge in [0.05, 0.1) is 16.3 Å². The summed E-state index contributed by atoms with van der Waals surface area (Å²) in [7, 11) is 1.91. The second-order valence-electron chi connectivity index (χ2n) is 5.36. The summed E-state index contributed by atoms with van der Waals surface area (Å²) in [6, 6.07) is 2.07. The highest BCUT2D eigenvalue weighted by molar-refractivity contribution is 7.17. The standard InChI is InChI=1S/C14H18N6S/c1-8(2)11(14-15-7-16-20(14)4)19-13-12-10(5-6-21-12)17-9(3)18-13/h5-8,11H,1-4H3,(H,17,18,19)/t11-/m1/s1. The minimum absolute atomic E-state index is 0.0529. The lowest BCUT2D eigenvalue weighted by Gasteiger charge is -2.22. The predicted octanol–water partition coefficient (Wildman–Crippen LogP) is 2.94. The number of nitrogens with zero attached hydrogens (tertiary/aromatic N) is 5. The average Bonchev–Trinajstić information content (AvgIpc) is 3.04. The molecule has 0 saturated carbocycles. The second-order valence-corrected chi connectivity index (χ2v) is 6.28. The van der Waals surface area contributed by atoms with Gasteiger partial charge in [-0.3, -0.25) is 4.68 Å². The molecular formula is C14H18N6S. The Labute approximate surface area is 127 Å². The first-order chi connectivity index (χ1) is 10.1. The van der Waals surface area contributed by atoms with Crippen molar-refractivity contribution in [3.8, 4) is 0 Å². The maximum atomic E-state index is 4.57. The molecule has 0 aliphatic carbocycles. The topological polar surface area (TPSA) is 68.5 Å². The highest BCUT2D eigenvalue weighted by Gasteiger charge is 2.22. The van der Waals surface area contributed by atoms with Crippen molar-refractivity contribution in [2.45, 2.75) is 26.8 Å². The molecule has 3 rings (SSSR count). The highest BCUT2D eigenvalue weighted by atomic mass is 32.1. The molecule has 0 aromatic carbocycles. The normalized spacial score (nSPS) is 13.0. The fourth-order valence-corrected chi connectivity index (χ4v) is 3.12. The molecule has 0 aliphatic rings. The molecule has 110 valence electrons. The van der Waals surface area contributed by atoms with Crippen LogP contribution in [0.15, 0.2) is 17.8 Å². The van der Waals surface area contributed by atoms with Crippen molar-refractivity contribution in [1.29, 1.82) is 0 Å². The number of nitrogens with one attached hydrogen (secondary N) is 1. The molecule has 7 heteroatoms. The van der Waals surface area contributed by atoms with Crippen molar-refractivity contribution < 1.29 is 0 Å². The predicted molar refractivity (Wildman–Crippen MR) is 84.4 cm³/mol. The van der Waals surface area contributed by atoms with Crippen molar-refractivity contribution in [1.82, 2.24) is 24.7 Å². The second kappa shape index (κ2) is 5.40. The van der Waals surface area contributed by atoms with Crippen LogP contribution in [0.2, 0.25) is 0 Å². The Bertz CT molecular complexity index is 760. The van der Waals surface area contributed by atoms with Gasteiger partial charge in [-0.15, -0.1) is 11.3 Å². The number of aromatic nitrogens is 5. The Morgan fingerprint density at radius 1 is 1.29 bits per heavy atom. The zero-order valence-electron chi connectivity index (χ0n) is 12.5. The van der Waals surface area contributed by atoms with Crippen molar-refractivity contribution in [3.63, 3.8) is 0 Å². The molecule has 0 bridgehead atoms. The summed E-state index contributed by atoms with van der Waals surface area (Å²) in [5.74, 6) is 2.90. The van der Waals surface area contributed by atoms with Gasteiger partial charge in [-0.1, -0.05) is 13.8 Å². The van der Waals surface area contributed by atoms with Gasteiger partial charge in [0.25, 0.3) is 0 Å². The first kappa shape index (κ1) is 13.9. The minimum atomic E-state index is 0.0529. The minimum Gasteiger partial charge on any atom is -0.358 e. The van der Waals surface area contributed by atoms with Crippen LogP contribution in [0.5, 0.6) is 0 Å². The number of fused-ring (bicyclic) bond motifs is 1. The third-order valence-electron chi connectivity index (χ3n) is 3.40. The Balaban J connectivity index is 2.02. The summed E-state index contributed by atoms with van der Waals surface area (Å²) in [6.45, 7) is 6.23. The number of thiophene rings is 1. The van der Waals surface area contributed by atoms with Crippen molar-refractivity contribution in [2.75, 3.05) is 5.32 Å². The molecule has 21 heavy (non-hydrogen) atoms. The van der Waals surface area contributed by atoms with E-state index in [1.54, 1.807) is 22.3 Å². The molecule has 6 nitrogen and oxygen atoms in total. The Kier molecular flexibility index (Phi) is 3.59. The fraction of sp³-hybridized carbons (Fsp3) is 0.429. The summed E-state index contributed by atoms with van der Waals surface area (Å²) >= 11 is 1.65. The average molecular weight is 302 g/mol. The van der Waals surface area contributed by atoms with Crippen LogP contribution in [-0.4, -0.2) is 24.7 Å². The molecular weight excluding hydrogens is 284 g/mol. The molecule has 3 aromatic rings. The lowest BCUT2D eigenvalue weighted by molar-refractivity contribution is 0.497. The van der Waals surface area contributed by atoms with Crippen LogP contribution in [0.25, 0.3) is 10.2 Å². The number of aryl methyl sites for hydroxylation is 2. The molecule has 1 atom stereocenters. The Morgan fingerprint density at radius 3 is 2.76 bits per heavy atom. The zero-order valence-corrected chi connectivity index (χ0v) is 13.3. The largest absolute Gasteiger partial charge is 0.358 e. The van der Waals surface area contributed by atoms with E-state index in [-0.39, 0.29) is 6.04 Å². The number of rotatable bonds is 4. The van der Waals surface area contributed by atoms with Crippen LogP contribution >= 0.6 is 11.3 Å². The van der Waals surface area contributed by atoms with Gasteiger partial charge in [0.15, 0.2) is 0 Å². The maximum Gasteiger partial charge on any atom is 0.149 e. The van der Waals surface area contributed by atoms with E-state index >= 15 is 0 Å². The van der Waals surface area contributed by atoms with Gasteiger partial charge in [0.2, 0.25) is 0 Å². The molecule has 0 unspecified atom stereocenters. The van der Waals surface area contributed by atoms with E-state index in [2.05, 4.69) is 39.2 Å². The van der Waals surface area contributed by atoms with Gasteiger partial charge in [-0.25, -0.2) is 15.0 Å². The quantitative estimate of drug-likeness (QED) is 0.802. The monoisotopic (exact) mass is 302 g/mol. The molecule has 0 spiro atoms. The van der Waals surface area contributed by atoms with Crippen LogP contribution < -0.4 is 5.32 Å². The highest BCUT2D eigenvalue weighted by Crippen LogP contribution is 2.30. The zero-order chi connectivity index (χ0) is 15.0. The summed E-state index contributed by atoms with van der Waals surface area (Å²) in [5, 5.41) is 9.73. The van der Waals surface area contributed by atoms with Crippen molar-refractivity contribution in [2.24, 2.45) is 13.0 Å². The number of hydrogen-bond donors (Lipinski definition) is 1. The summed E-state index contributed by atoms with van der Waals surface area (Å²) in [6.07, 6.45) is 1.58. The van der Waals surface area contributed by atoms with Crippen LogP contribution in [0.4, 0.5) is 5.82 Å². The van der Waals surface area contributed by atoms with E-state index in [9.17, 15) is 0 Å². The molecule has 0 saturated heterocycles. The molecule has 3 heterocycles. The van der Waals surface area contributed by atoms with Gasteiger partial charge < -0.3 is 5.32 Å². The number of hydrogen-bond acceptors (Lipinski definition) is 6. The van der Waals surface area contributed by atoms with Gasteiger partial charge in [0, 0.05) is 7.05 Å².